The third kappa shape index (κ3) is 19.2. The van der Waals surface area contributed by atoms with E-state index in [-0.39, 0.29) is 0 Å². The van der Waals surface area contributed by atoms with E-state index in [4.69, 9.17) is 46.4 Å². The second kappa shape index (κ2) is 15.1. The Kier molecular flexibility index (Phi) is 15.9. The molecule has 122 valence electrons. The summed E-state index contributed by atoms with van der Waals surface area (Å²) in [6.45, 7) is 0. The average molecular weight is 364 g/mol. The molecule has 0 unspecified atom stereocenters. The number of halogens is 4. The Morgan fingerprint density at radius 1 is 0.450 bits per heavy atom. The van der Waals surface area contributed by atoms with Gasteiger partial charge in [0.1, 0.15) is 0 Å². The van der Waals surface area contributed by atoms with Crippen molar-refractivity contribution in [1.29, 1.82) is 0 Å². The first-order chi connectivity index (χ1) is 9.56. The smallest absolute Gasteiger partial charge is 0.127 e. The minimum Gasteiger partial charge on any atom is -0.127 e. The molecule has 0 fully saturated rings. The van der Waals surface area contributed by atoms with Crippen LogP contribution in [0.2, 0.25) is 0 Å². The van der Waals surface area contributed by atoms with Crippen molar-refractivity contribution in [2.45, 2.75) is 93.7 Å². The summed E-state index contributed by atoms with van der Waals surface area (Å²) in [5.41, 5.74) is 0. The third-order valence-corrected chi connectivity index (χ3v) is 4.43. The standard InChI is InChI=1S/C16H30Cl4/c17-15-13-11-9-7-5-3-1-2-4-6-8-10-12-14-16(18,19)20/h1-15H2. The Labute approximate surface area is 145 Å². The molecule has 0 atom stereocenters. The van der Waals surface area contributed by atoms with Crippen molar-refractivity contribution >= 4 is 46.4 Å². The summed E-state index contributed by atoms with van der Waals surface area (Å²) in [5.74, 6) is 0.821. The number of rotatable bonds is 14. The molecule has 20 heavy (non-hydrogen) atoms. The van der Waals surface area contributed by atoms with Gasteiger partial charge in [0.2, 0.25) is 0 Å². The summed E-state index contributed by atoms with van der Waals surface area (Å²) < 4.78 is -1.05. The normalized spacial score (nSPS) is 12.0. The molecule has 0 nitrogen and oxygen atoms in total. The van der Waals surface area contributed by atoms with Crippen molar-refractivity contribution in [1.82, 2.24) is 0 Å². The summed E-state index contributed by atoms with van der Waals surface area (Å²) in [4.78, 5) is 0. The highest BCUT2D eigenvalue weighted by molar-refractivity contribution is 6.67. The van der Waals surface area contributed by atoms with Crippen LogP contribution in [0.5, 0.6) is 0 Å². The lowest BCUT2D eigenvalue weighted by Gasteiger charge is -2.09. The van der Waals surface area contributed by atoms with E-state index in [9.17, 15) is 0 Å². The van der Waals surface area contributed by atoms with Gasteiger partial charge in [-0.3, -0.25) is 0 Å². The van der Waals surface area contributed by atoms with Crippen LogP contribution in [0.4, 0.5) is 0 Å². The van der Waals surface area contributed by atoms with Gasteiger partial charge in [-0.05, 0) is 19.3 Å². The molecule has 0 spiro atoms. The van der Waals surface area contributed by atoms with E-state index in [0.717, 1.165) is 12.3 Å². The largest absolute Gasteiger partial charge is 0.190 e. The molecule has 0 heterocycles. The first kappa shape index (κ1) is 21.2. The summed E-state index contributed by atoms with van der Waals surface area (Å²) in [6, 6.07) is 0. The van der Waals surface area contributed by atoms with Gasteiger partial charge < -0.3 is 0 Å². The summed E-state index contributed by atoms with van der Waals surface area (Å²) in [5, 5.41) is 0. The monoisotopic (exact) mass is 362 g/mol. The molecule has 0 aromatic heterocycles. The lowest BCUT2D eigenvalue weighted by molar-refractivity contribution is 0.536. The maximum Gasteiger partial charge on any atom is 0.190 e. The Bertz CT molecular complexity index is 189. The molecule has 0 aliphatic rings. The lowest BCUT2D eigenvalue weighted by atomic mass is 10.0. The Morgan fingerprint density at radius 2 is 0.750 bits per heavy atom. The van der Waals surface area contributed by atoms with Crippen LogP contribution in [-0.2, 0) is 0 Å². The molecule has 4 heteroatoms. The molecule has 0 saturated heterocycles. The van der Waals surface area contributed by atoms with Crippen LogP contribution in [0.15, 0.2) is 0 Å². The number of hydrogen-bond acceptors (Lipinski definition) is 0. The predicted molar refractivity (Wildman–Crippen MR) is 95.6 cm³/mol. The number of unbranched alkanes of at least 4 members (excludes halogenated alkanes) is 12. The van der Waals surface area contributed by atoms with Crippen LogP contribution in [0, 0.1) is 0 Å². The highest BCUT2D eigenvalue weighted by atomic mass is 35.6. The zero-order valence-electron chi connectivity index (χ0n) is 12.6. The van der Waals surface area contributed by atoms with Crippen LogP contribution >= 0.6 is 46.4 Å². The maximum atomic E-state index is 5.71. The second-order valence-electron chi connectivity index (χ2n) is 5.65. The zero-order chi connectivity index (χ0) is 15.1. The van der Waals surface area contributed by atoms with E-state index in [1.54, 1.807) is 0 Å². The highest BCUT2D eigenvalue weighted by Crippen LogP contribution is 2.32. The highest BCUT2D eigenvalue weighted by Gasteiger charge is 2.17. The fraction of sp³-hybridized carbons (Fsp3) is 1.00. The van der Waals surface area contributed by atoms with Gasteiger partial charge in [-0.1, -0.05) is 105 Å². The van der Waals surface area contributed by atoms with E-state index in [0.29, 0.717) is 6.42 Å². The molecule has 0 aliphatic carbocycles. The van der Waals surface area contributed by atoms with Crippen LogP contribution in [0.1, 0.15) is 89.9 Å². The van der Waals surface area contributed by atoms with E-state index in [2.05, 4.69) is 0 Å². The molecule has 0 saturated carbocycles. The average Bonchev–Trinajstić information content (AvgIpc) is 2.38. The Balaban J connectivity index is 2.99. The third-order valence-electron chi connectivity index (χ3n) is 3.59. The summed E-state index contributed by atoms with van der Waals surface area (Å²) >= 11 is 22.8. The first-order valence-corrected chi connectivity index (χ1v) is 9.86. The van der Waals surface area contributed by atoms with Crippen molar-refractivity contribution in [3.8, 4) is 0 Å². The molecule has 0 amide bonds. The van der Waals surface area contributed by atoms with Crippen LogP contribution in [0.3, 0.4) is 0 Å². The van der Waals surface area contributed by atoms with Gasteiger partial charge in [0.15, 0.2) is 3.79 Å². The Hall–Kier alpha value is 1.16. The quantitative estimate of drug-likeness (QED) is 0.216. The van der Waals surface area contributed by atoms with Gasteiger partial charge in [-0.2, -0.15) is 0 Å². The molecule has 0 bridgehead atoms. The molecule has 0 rings (SSSR count). The Morgan fingerprint density at radius 3 is 1.05 bits per heavy atom. The van der Waals surface area contributed by atoms with Crippen molar-refractivity contribution in [2.24, 2.45) is 0 Å². The van der Waals surface area contributed by atoms with Crippen molar-refractivity contribution in [2.75, 3.05) is 5.88 Å². The van der Waals surface area contributed by atoms with Crippen molar-refractivity contribution in [3.63, 3.8) is 0 Å². The van der Waals surface area contributed by atoms with Gasteiger partial charge in [0.05, 0.1) is 0 Å². The second-order valence-corrected chi connectivity index (χ2v) is 8.54. The minimum atomic E-state index is -1.05. The van der Waals surface area contributed by atoms with E-state index < -0.39 is 3.79 Å². The number of hydrogen-bond donors (Lipinski definition) is 0. The summed E-state index contributed by atoms with van der Waals surface area (Å²) in [6.07, 6.45) is 17.7. The summed E-state index contributed by atoms with van der Waals surface area (Å²) in [7, 11) is 0. The van der Waals surface area contributed by atoms with Gasteiger partial charge in [0.25, 0.3) is 0 Å². The molecule has 0 aromatic rings. The van der Waals surface area contributed by atoms with Crippen molar-refractivity contribution < 1.29 is 0 Å². The van der Waals surface area contributed by atoms with Gasteiger partial charge in [-0.25, -0.2) is 0 Å². The molecule has 0 aliphatic heterocycles. The molecule has 0 aromatic carbocycles. The SMILES string of the molecule is ClCCCCCCCCCCCCCCCC(Cl)(Cl)Cl. The zero-order valence-corrected chi connectivity index (χ0v) is 15.6. The van der Waals surface area contributed by atoms with Gasteiger partial charge in [0, 0.05) is 5.88 Å². The van der Waals surface area contributed by atoms with Gasteiger partial charge >= 0.3 is 0 Å². The van der Waals surface area contributed by atoms with Crippen LogP contribution in [-0.4, -0.2) is 9.67 Å². The van der Waals surface area contributed by atoms with Crippen molar-refractivity contribution in [3.05, 3.63) is 0 Å². The maximum absolute atomic E-state index is 5.71. The number of alkyl halides is 4. The fourth-order valence-electron chi connectivity index (χ4n) is 2.36. The molecular formula is C16H30Cl4. The van der Waals surface area contributed by atoms with Crippen LogP contribution in [0.25, 0.3) is 0 Å². The van der Waals surface area contributed by atoms with E-state index in [1.807, 2.05) is 0 Å². The van der Waals surface area contributed by atoms with E-state index >= 15 is 0 Å². The van der Waals surface area contributed by atoms with Gasteiger partial charge in [-0.15, -0.1) is 11.6 Å². The molecule has 0 N–H and O–H groups in total. The topological polar surface area (TPSA) is 0 Å². The van der Waals surface area contributed by atoms with E-state index in [1.165, 1.54) is 77.0 Å². The fourth-order valence-corrected chi connectivity index (χ4v) is 2.95. The minimum absolute atomic E-state index is 0.682. The van der Waals surface area contributed by atoms with Crippen LogP contribution < -0.4 is 0 Å². The molecular weight excluding hydrogens is 334 g/mol. The lowest BCUT2D eigenvalue weighted by Crippen LogP contribution is -2.00. The first-order valence-electron chi connectivity index (χ1n) is 8.19. The predicted octanol–water partition coefficient (Wildman–Crippen LogP) is 8.06. The molecule has 0 radical (unpaired) electrons.